The number of piperazine rings is 1. The van der Waals surface area contributed by atoms with Gasteiger partial charge in [0.2, 0.25) is 5.95 Å². The van der Waals surface area contributed by atoms with Crippen molar-refractivity contribution in [2.24, 2.45) is 0 Å². The first kappa shape index (κ1) is 19.9. The van der Waals surface area contributed by atoms with Crippen molar-refractivity contribution in [3.8, 4) is 0 Å². The highest BCUT2D eigenvalue weighted by atomic mass is 35.5. The summed E-state index contributed by atoms with van der Waals surface area (Å²) in [6.45, 7) is 7.70. The zero-order chi connectivity index (χ0) is 20.2. The van der Waals surface area contributed by atoms with Crippen LogP contribution in [0, 0.1) is 0 Å². The summed E-state index contributed by atoms with van der Waals surface area (Å²) in [6, 6.07) is 7.80. The number of aliphatic hydroxyl groups is 1. The maximum Gasteiger partial charge on any atom is 0.229 e. The van der Waals surface area contributed by atoms with Crippen LogP contribution in [-0.2, 0) is 13.1 Å². The van der Waals surface area contributed by atoms with Crippen LogP contribution in [0.4, 0.5) is 11.8 Å². The number of aromatic nitrogens is 4. The van der Waals surface area contributed by atoms with Gasteiger partial charge in [-0.05, 0) is 18.6 Å². The largest absolute Gasteiger partial charge is 0.395 e. The molecule has 29 heavy (non-hydrogen) atoms. The van der Waals surface area contributed by atoms with E-state index < -0.39 is 0 Å². The van der Waals surface area contributed by atoms with E-state index >= 15 is 0 Å². The van der Waals surface area contributed by atoms with Crippen molar-refractivity contribution in [3.63, 3.8) is 0 Å². The van der Waals surface area contributed by atoms with Crippen molar-refractivity contribution in [2.45, 2.75) is 20.0 Å². The molecule has 0 unspecified atom stereocenters. The van der Waals surface area contributed by atoms with Crippen LogP contribution in [0.25, 0.3) is 11.0 Å². The van der Waals surface area contributed by atoms with Crippen molar-refractivity contribution in [1.82, 2.24) is 24.6 Å². The first-order valence-electron chi connectivity index (χ1n) is 9.98. The molecule has 4 rings (SSSR count). The van der Waals surface area contributed by atoms with E-state index in [9.17, 15) is 0 Å². The van der Waals surface area contributed by atoms with Gasteiger partial charge in [-0.2, -0.15) is 15.1 Å². The Bertz CT molecular complexity index is 969. The van der Waals surface area contributed by atoms with Gasteiger partial charge >= 0.3 is 0 Å². The van der Waals surface area contributed by atoms with Gasteiger partial charge in [0.25, 0.3) is 0 Å². The van der Waals surface area contributed by atoms with Crippen LogP contribution in [0.1, 0.15) is 12.5 Å². The van der Waals surface area contributed by atoms with Crippen molar-refractivity contribution in [1.29, 1.82) is 0 Å². The maximum absolute atomic E-state index is 9.16. The molecule has 3 heterocycles. The topological polar surface area (TPSA) is 82.3 Å². The van der Waals surface area contributed by atoms with Crippen molar-refractivity contribution in [2.75, 3.05) is 49.5 Å². The average Bonchev–Trinajstić information content (AvgIpc) is 3.17. The third-order valence-corrected chi connectivity index (χ3v) is 5.63. The van der Waals surface area contributed by atoms with E-state index in [1.807, 2.05) is 35.1 Å². The normalized spacial score (nSPS) is 15.2. The zero-order valence-corrected chi connectivity index (χ0v) is 17.3. The monoisotopic (exact) mass is 415 g/mol. The fourth-order valence-electron chi connectivity index (χ4n) is 3.59. The van der Waals surface area contributed by atoms with Crippen molar-refractivity contribution in [3.05, 3.63) is 41.0 Å². The van der Waals surface area contributed by atoms with E-state index in [1.165, 1.54) is 0 Å². The van der Waals surface area contributed by atoms with Gasteiger partial charge in [0, 0.05) is 50.8 Å². The van der Waals surface area contributed by atoms with Crippen LogP contribution in [0.2, 0.25) is 5.02 Å². The van der Waals surface area contributed by atoms with E-state index in [0.29, 0.717) is 19.0 Å². The SMILES string of the molecule is CCn1ncc2c(NCc3ccccc3Cl)nc(N3CCN(CCO)CC3)nc21. The van der Waals surface area contributed by atoms with Gasteiger partial charge in [-0.1, -0.05) is 29.8 Å². The second kappa shape index (κ2) is 8.94. The first-order valence-corrected chi connectivity index (χ1v) is 10.4. The van der Waals surface area contributed by atoms with Crippen LogP contribution >= 0.6 is 11.6 Å². The molecule has 2 aromatic heterocycles. The molecule has 0 radical (unpaired) electrons. The number of anilines is 2. The summed E-state index contributed by atoms with van der Waals surface area (Å²) in [6.07, 6.45) is 1.82. The van der Waals surface area contributed by atoms with Crippen LogP contribution in [-0.4, -0.2) is 69.1 Å². The van der Waals surface area contributed by atoms with Gasteiger partial charge in [-0.15, -0.1) is 0 Å². The van der Waals surface area contributed by atoms with Crippen LogP contribution < -0.4 is 10.2 Å². The third-order valence-electron chi connectivity index (χ3n) is 5.26. The zero-order valence-electron chi connectivity index (χ0n) is 16.6. The number of aryl methyl sites for hydroxylation is 1. The molecule has 1 saturated heterocycles. The average molecular weight is 416 g/mol. The van der Waals surface area contributed by atoms with E-state index in [4.69, 9.17) is 26.7 Å². The maximum atomic E-state index is 9.16. The molecule has 2 N–H and O–H groups in total. The predicted octanol–water partition coefficient (Wildman–Crippen LogP) is 2.23. The Balaban J connectivity index is 1.61. The number of hydrogen-bond donors (Lipinski definition) is 2. The Morgan fingerprint density at radius 2 is 1.93 bits per heavy atom. The summed E-state index contributed by atoms with van der Waals surface area (Å²) < 4.78 is 1.89. The molecule has 1 aliphatic heterocycles. The van der Waals surface area contributed by atoms with E-state index in [-0.39, 0.29) is 6.61 Å². The number of β-amino-alcohol motifs (C(OH)–C–C–N with tert-alkyl or cyclic N) is 1. The second-order valence-corrected chi connectivity index (χ2v) is 7.47. The summed E-state index contributed by atoms with van der Waals surface area (Å²) in [4.78, 5) is 14.1. The molecular weight excluding hydrogens is 390 g/mol. The van der Waals surface area contributed by atoms with Crippen molar-refractivity contribution < 1.29 is 5.11 Å². The Labute approximate surface area is 175 Å². The highest BCUT2D eigenvalue weighted by Crippen LogP contribution is 2.25. The van der Waals surface area contributed by atoms with Gasteiger partial charge in [-0.3, -0.25) is 4.90 Å². The molecule has 3 aromatic rings. The molecule has 0 spiro atoms. The minimum absolute atomic E-state index is 0.189. The lowest BCUT2D eigenvalue weighted by molar-refractivity contribution is 0.188. The van der Waals surface area contributed by atoms with E-state index in [0.717, 1.165) is 60.2 Å². The molecule has 0 bridgehead atoms. The quantitative estimate of drug-likeness (QED) is 0.612. The molecule has 0 amide bonds. The third kappa shape index (κ3) is 4.29. The molecule has 1 aromatic carbocycles. The van der Waals surface area contributed by atoms with E-state index in [2.05, 4.69) is 27.1 Å². The lowest BCUT2D eigenvalue weighted by Gasteiger charge is -2.34. The lowest BCUT2D eigenvalue weighted by Crippen LogP contribution is -2.47. The molecule has 0 atom stereocenters. The van der Waals surface area contributed by atoms with Gasteiger partial charge in [0.05, 0.1) is 18.2 Å². The number of hydrogen-bond acceptors (Lipinski definition) is 7. The molecule has 1 aliphatic rings. The summed E-state index contributed by atoms with van der Waals surface area (Å²) in [5, 5.41) is 18.7. The van der Waals surface area contributed by atoms with Gasteiger partial charge in [-0.25, -0.2) is 4.68 Å². The number of halogens is 1. The Morgan fingerprint density at radius 3 is 2.66 bits per heavy atom. The van der Waals surface area contributed by atoms with Gasteiger partial charge < -0.3 is 15.3 Å². The first-order chi connectivity index (χ1) is 14.2. The molecular formula is C20H26ClN7O. The van der Waals surface area contributed by atoms with Gasteiger partial charge in [0.15, 0.2) is 5.65 Å². The molecule has 1 fully saturated rings. The van der Waals surface area contributed by atoms with Crippen LogP contribution in [0.5, 0.6) is 0 Å². The highest BCUT2D eigenvalue weighted by molar-refractivity contribution is 6.31. The molecule has 154 valence electrons. The molecule has 0 saturated carbocycles. The molecule has 8 nitrogen and oxygen atoms in total. The number of rotatable bonds is 7. The summed E-state index contributed by atoms with van der Waals surface area (Å²) >= 11 is 6.31. The van der Waals surface area contributed by atoms with E-state index in [1.54, 1.807) is 0 Å². The Morgan fingerprint density at radius 1 is 1.14 bits per heavy atom. The minimum atomic E-state index is 0.189. The summed E-state index contributed by atoms with van der Waals surface area (Å²) in [5.74, 6) is 1.47. The predicted molar refractivity (Wildman–Crippen MR) is 116 cm³/mol. The van der Waals surface area contributed by atoms with Crippen LogP contribution in [0.3, 0.4) is 0 Å². The second-order valence-electron chi connectivity index (χ2n) is 7.07. The molecule has 0 aliphatic carbocycles. The molecule has 9 heteroatoms. The number of benzene rings is 1. The number of nitrogens with one attached hydrogen (secondary N) is 1. The fraction of sp³-hybridized carbons (Fsp3) is 0.450. The smallest absolute Gasteiger partial charge is 0.229 e. The summed E-state index contributed by atoms with van der Waals surface area (Å²) in [7, 11) is 0. The Kier molecular flexibility index (Phi) is 6.13. The Hall–Kier alpha value is -2.42. The standard InChI is InChI=1S/C20H26ClN7O/c1-2-28-19-16(14-23-28)18(22-13-15-5-3-4-6-17(15)21)24-20(25-19)27-9-7-26(8-10-27)11-12-29/h3-6,14,29H,2,7-13H2,1H3,(H,22,24,25). The van der Waals surface area contributed by atoms with Gasteiger partial charge in [0.1, 0.15) is 5.82 Å². The number of aliphatic hydroxyl groups excluding tert-OH is 1. The highest BCUT2D eigenvalue weighted by Gasteiger charge is 2.21. The van der Waals surface area contributed by atoms with Crippen molar-refractivity contribution >= 4 is 34.4 Å². The summed E-state index contributed by atoms with van der Waals surface area (Å²) in [5.41, 5.74) is 1.85. The number of fused-ring (bicyclic) bond motifs is 1. The lowest BCUT2D eigenvalue weighted by atomic mass is 10.2. The fourth-order valence-corrected chi connectivity index (χ4v) is 3.79. The van der Waals surface area contributed by atoms with Crippen LogP contribution in [0.15, 0.2) is 30.5 Å². The minimum Gasteiger partial charge on any atom is -0.395 e. The number of nitrogens with zero attached hydrogens (tertiary/aromatic N) is 6.